The number of phenolic OH excluding ortho intramolecular Hbond substituents is 2. The molecule has 0 spiro atoms. The fraction of sp³-hybridized carbons (Fsp3) is 0.125. The quantitative estimate of drug-likeness (QED) is 0.677. The number of phenols is 2. The summed E-state index contributed by atoms with van der Waals surface area (Å²) in [5.41, 5.74) is -1.05. The predicted octanol–water partition coefficient (Wildman–Crippen LogP) is 0.964. The molecule has 0 amide bonds. The molecular weight excluding hydrogens is 304 g/mol. The lowest BCUT2D eigenvalue weighted by Gasteiger charge is -2.25. The number of benzene rings is 2. The Morgan fingerprint density at radius 2 is 1.48 bits per heavy atom. The third kappa shape index (κ3) is 1.83. The summed E-state index contributed by atoms with van der Waals surface area (Å²) < 4.78 is 9.89. The van der Waals surface area contributed by atoms with Gasteiger partial charge in [0.1, 0.15) is 23.0 Å². The summed E-state index contributed by atoms with van der Waals surface area (Å²) in [5, 5.41) is 32.0. The lowest BCUT2D eigenvalue weighted by atomic mass is 9.82. The van der Waals surface area contributed by atoms with Crippen molar-refractivity contribution in [3.05, 3.63) is 40.5 Å². The van der Waals surface area contributed by atoms with Crippen molar-refractivity contribution in [3.8, 4) is 28.7 Å². The molecule has 1 aliphatic rings. The molecule has 3 rings (SSSR count). The monoisotopic (exact) mass is 315 g/mol. The smallest absolute Gasteiger partial charge is 0.202 e. The van der Waals surface area contributed by atoms with Gasteiger partial charge in [-0.05, 0) is 23.9 Å². The molecule has 0 heterocycles. The standard InChI is InChI=1S/C16H12O7/c1-22-9-5-6-10(16(23-2)14(9)20)15(21)12-8(18)4-3-7(17)11(12)13(6)19/h3-5,17-18,20H,1-2H3/p-1. The molecule has 2 aromatic rings. The maximum atomic E-state index is 12.7. The second kappa shape index (κ2) is 4.91. The van der Waals surface area contributed by atoms with E-state index < -0.39 is 28.8 Å². The Balaban J connectivity index is 2.43. The average Bonchev–Trinajstić information content (AvgIpc) is 2.54. The van der Waals surface area contributed by atoms with Crippen LogP contribution in [0.15, 0.2) is 18.2 Å². The molecule has 0 unspecified atom stereocenters. The number of hydrogen-bond donors (Lipinski definition) is 2. The second-order valence-corrected chi connectivity index (χ2v) is 4.88. The Morgan fingerprint density at radius 3 is 2.00 bits per heavy atom. The normalized spacial score (nSPS) is 12.6. The lowest BCUT2D eigenvalue weighted by Crippen LogP contribution is -2.23. The zero-order valence-corrected chi connectivity index (χ0v) is 12.2. The van der Waals surface area contributed by atoms with Gasteiger partial charge in [-0.2, -0.15) is 0 Å². The van der Waals surface area contributed by atoms with E-state index in [0.717, 1.165) is 18.2 Å². The molecule has 0 aromatic heterocycles. The van der Waals surface area contributed by atoms with E-state index in [0.29, 0.717) is 0 Å². The van der Waals surface area contributed by atoms with Crippen LogP contribution in [0.4, 0.5) is 0 Å². The molecule has 0 fully saturated rings. The van der Waals surface area contributed by atoms with Crippen LogP contribution < -0.4 is 14.6 Å². The van der Waals surface area contributed by atoms with Gasteiger partial charge in [0.2, 0.25) is 5.78 Å². The Labute approximate surface area is 130 Å². The van der Waals surface area contributed by atoms with Gasteiger partial charge in [-0.15, -0.1) is 0 Å². The van der Waals surface area contributed by atoms with E-state index in [9.17, 15) is 24.9 Å². The highest BCUT2D eigenvalue weighted by atomic mass is 16.5. The molecule has 2 N–H and O–H groups in total. The van der Waals surface area contributed by atoms with Crippen LogP contribution in [0.3, 0.4) is 0 Å². The number of fused-ring (bicyclic) bond motifs is 2. The van der Waals surface area contributed by atoms with Crippen molar-refractivity contribution in [1.82, 2.24) is 0 Å². The summed E-state index contributed by atoms with van der Waals surface area (Å²) in [6.07, 6.45) is 0. The largest absolute Gasteiger partial charge is 0.867 e. The minimum absolute atomic E-state index is 0.128. The molecule has 0 saturated carbocycles. The second-order valence-electron chi connectivity index (χ2n) is 4.88. The van der Waals surface area contributed by atoms with Gasteiger partial charge in [-0.1, -0.05) is 0 Å². The molecular formula is C16H11O7-. The van der Waals surface area contributed by atoms with E-state index in [1.807, 2.05) is 0 Å². The highest BCUT2D eigenvalue weighted by molar-refractivity contribution is 6.31. The summed E-state index contributed by atoms with van der Waals surface area (Å²) in [6, 6.07) is 3.34. The van der Waals surface area contributed by atoms with Crippen molar-refractivity contribution in [1.29, 1.82) is 0 Å². The molecule has 7 nitrogen and oxygen atoms in total. The number of ketones is 2. The maximum absolute atomic E-state index is 12.7. The Bertz CT molecular complexity index is 867. The molecule has 1 aliphatic carbocycles. The zero-order chi connectivity index (χ0) is 16.9. The van der Waals surface area contributed by atoms with Crippen molar-refractivity contribution in [2.45, 2.75) is 0 Å². The molecule has 118 valence electrons. The van der Waals surface area contributed by atoms with Crippen LogP contribution in [0.25, 0.3) is 0 Å². The van der Waals surface area contributed by atoms with E-state index in [-0.39, 0.29) is 33.8 Å². The molecule has 2 aromatic carbocycles. The van der Waals surface area contributed by atoms with Gasteiger partial charge in [0.15, 0.2) is 5.78 Å². The fourth-order valence-corrected chi connectivity index (χ4v) is 2.67. The first-order chi connectivity index (χ1) is 10.9. The van der Waals surface area contributed by atoms with E-state index in [1.165, 1.54) is 14.2 Å². The van der Waals surface area contributed by atoms with E-state index >= 15 is 0 Å². The van der Waals surface area contributed by atoms with Crippen molar-refractivity contribution in [3.63, 3.8) is 0 Å². The molecule has 23 heavy (non-hydrogen) atoms. The predicted molar refractivity (Wildman–Crippen MR) is 75.6 cm³/mol. The van der Waals surface area contributed by atoms with Crippen LogP contribution >= 0.6 is 0 Å². The van der Waals surface area contributed by atoms with Crippen LogP contribution in [0.5, 0.6) is 28.7 Å². The van der Waals surface area contributed by atoms with E-state index in [2.05, 4.69) is 0 Å². The molecule has 0 aliphatic heterocycles. The number of rotatable bonds is 2. The summed E-state index contributed by atoms with van der Waals surface area (Å²) in [4.78, 5) is 25.3. The van der Waals surface area contributed by atoms with Crippen LogP contribution in [0.1, 0.15) is 31.8 Å². The molecule has 7 heteroatoms. The number of ether oxygens (including phenoxy) is 2. The van der Waals surface area contributed by atoms with Gasteiger partial charge in [0.05, 0.1) is 30.9 Å². The molecule has 0 atom stereocenters. The summed E-state index contributed by atoms with van der Waals surface area (Å²) in [6.45, 7) is 0. The van der Waals surface area contributed by atoms with Gasteiger partial charge in [0, 0.05) is 5.56 Å². The van der Waals surface area contributed by atoms with Crippen molar-refractivity contribution in [2.75, 3.05) is 14.2 Å². The van der Waals surface area contributed by atoms with Crippen molar-refractivity contribution < 1.29 is 34.4 Å². The Hall–Kier alpha value is -3.22. The molecule has 0 radical (unpaired) electrons. The van der Waals surface area contributed by atoms with Crippen LogP contribution in [0.2, 0.25) is 0 Å². The van der Waals surface area contributed by atoms with Crippen molar-refractivity contribution >= 4 is 11.6 Å². The first kappa shape index (κ1) is 14.7. The van der Waals surface area contributed by atoms with Crippen molar-refractivity contribution in [2.24, 2.45) is 0 Å². The number of carbonyl (C=O) groups excluding carboxylic acids is 2. The van der Waals surface area contributed by atoms with Gasteiger partial charge in [-0.25, -0.2) is 0 Å². The number of carbonyl (C=O) groups is 2. The number of aromatic hydroxyl groups is 2. The van der Waals surface area contributed by atoms with Crippen LogP contribution in [-0.2, 0) is 0 Å². The van der Waals surface area contributed by atoms with Crippen LogP contribution in [-0.4, -0.2) is 36.0 Å². The fourth-order valence-electron chi connectivity index (χ4n) is 2.67. The molecule has 0 bridgehead atoms. The van der Waals surface area contributed by atoms with Gasteiger partial charge >= 0.3 is 0 Å². The van der Waals surface area contributed by atoms with Gasteiger partial charge in [-0.3, -0.25) is 9.59 Å². The topological polar surface area (TPSA) is 116 Å². The summed E-state index contributed by atoms with van der Waals surface area (Å²) in [5.74, 6) is -3.58. The summed E-state index contributed by atoms with van der Waals surface area (Å²) in [7, 11) is 2.43. The average molecular weight is 315 g/mol. The summed E-state index contributed by atoms with van der Waals surface area (Å²) >= 11 is 0. The van der Waals surface area contributed by atoms with Crippen LogP contribution in [0, 0.1) is 0 Å². The van der Waals surface area contributed by atoms with E-state index in [4.69, 9.17) is 9.47 Å². The lowest BCUT2D eigenvalue weighted by molar-refractivity contribution is -0.271. The van der Waals surface area contributed by atoms with Gasteiger partial charge < -0.3 is 24.8 Å². The first-order valence-corrected chi connectivity index (χ1v) is 6.52. The SMILES string of the molecule is COc1cc2c(c(OC)c1[O-])C(=O)c1c(O)ccc(O)c1C2=O. The van der Waals surface area contributed by atoms with E-state index in [1.54, 1.807) is 0 Å². The minimum atomic E-state index is -0.778. The molecule has 0 saturated heterocycles. The first-order valence-electron chi connectivity index (χ1n) is 6.52. The minimum Gasteiger partial charge on any atom is -0.867 e. The third-order valence-corrected chi connectivity index (χ3v) is 3.71. The Morgan fingerprint density at radius 1 is 0.913 bits per heavy atom. The highest BCUT2D eigenvalue weighted by Crippen LogP contribution is 2.46. The maximum Gasteiger partial charge on any atom is 0.202 e. The number of methoxy groups -OCH3 is 2. The third-order valence-electron chi connectivity index (χ3n) is 3.71. The zero-order valence-electron chi connectivity index (χ0n) is 12.2. The highest BCUT2D eigenvalue weighted by Gasteiger charge is 2.37. The Kier molecular flexibility index (Phi) is 3.14. The van der Waals surface area contributed by atoms with Gasteiger partial charge in [0.25, 0.3) is 0 Å². The number of hydrogen-bond acceptors (Lipinski definition) is 7.